The van der Waals surface area contributed by atoms with Crippen LogP contribution in [0, 0.1) is 32.1 Å². The lowest BCUT2D eigenvalue weighted by molar-refractivity contribution is 0.902. The van der Waals surface area contributed by atoms with E-state index in [1.165, 1.54) is 11.8 Å². The standard InChI is InChI=1S/C14H13N3S/c1-9-6-13(5-4-12(9)8-15)18-14-16-10(2)7-11(3)17-14/h4-7H,1-3H3. The van der Waals surface area contributed by atoms with E-state index in [0.717, 1.165) is 27.0 Å². The molecule has 90 valence electrons. The number of benzene rings is 1. The molecular formula is C14H13N3S. The Morgan fingerprint density at radius 3 is 2.28 bits per heavy atom. The third-order valence-corrected chi connectivity index (χ3v) is 3.34. The van der Waals surface area contributed by atoms with Crippen molar-refractivity contribution in [2.24, 2.45) is 0 Å². The molecule has 0 aliphatic carbocycles. The fraction of sp³-hybridized carbons (Fsp3) is 0.214. The molecular weight excluding hydrogens is 242 g/mol. The van der Waals surface area contributed by atoms with E-state index in [1.54, 1.807) is 0 Å². The first-order chi connectivity index (χ1) is 8.58. The second kappa shape index (κ2) is 5.19. The Balaban J connectivity index is 2.29. The molecule has 0 aliphatic rings. The Bertz CT molecular complexity index is 609. The zero-order chi connectivity index (χ0) is 13.1. The maximum atomic E-state index is 8.89. The van der Waals surface area contributed by atoms with E-state index in [9.17, 15) is 0 Å². The van der Waals surface area contributed by atoms with Gasteiger partial charge in [0.05, 0.1) is 11.6 Å². The minimum atomic E-state index is 0.709. The molecule has 4 heteroatoms. The van der Waals surface area contributed by atoms with Gasteiger partial charge >= 0.3 is 0 Å². The van der Waals surface area contributed by atoms with Crippen LogP contribution in [-0.2, 0) is 0 Å². The molecule has 0 spiro atoms. The Kier molecular flexibility index (Phi) is 3.63. The smallest absolute Gasteiger partial charge is 0.192 e. The first kappa shape index (κ1) is 12.6. The molecule has 0 radical (unpaired) electrons. The zero-order valence-corrected chi connectivity index (χ0v) is 11.4. The van der Waals surface area contributed by atoms with E-state index in [1.807, 2.05) is 45.0 Å². The fourth-order valence-electron chi connectivity index (χ4n) is 1.67. The summed E-state index contributed by atoms with van der Waals surface area (Å²) in [5.41, 5.74) is 3.62. The van der Waals surface area contributed by atoms with Crippen molar-refractivity contribution in [1.82, 2.24) is 9.97 Å². The molecule has 0 saturated carbocycles. The molecule has 0 fully saturated rings. The molecule has 2 aromatic rings. The summed E-state index contributed by atoms with van der Waals surface area (Å²) in [6.07, 6.45) is 0. The first-order valence-electron chi connectivity index (χ1n) is 5.59. The third kappa shape index (κ3) is 2.88. The number of aromatic nitrogens is 2. The number of nitriles is 1. The van der Waals surface area contributed by atoms with Crippen molar-refractivity contribution >= 4 is 11.8 Å². The van der Waals surface area contributed by atoms with Crippen molar-refractivity contribution in [3.63, 3.8) is 0 Å². The highest BCUT2D eigenvalue weighted by molar-refractivity contribution is 7.99. The fourth-order valence-corrected chi connectivity index (χ4v) is 2.63. The van der Waals surface area contributed by atoms with Crippen LogP contribution in [0.4, 0.5) is 0 Å². The minimum absolute atomic E-state index is 0.709. The molecule has 1 heterocycles. The Labute approximate surface area is 111 Å². The number of rotatable bonds is 2. The SMILES string of the molecule is Cc1cc(C)nc(Sc2ccc(C#N)c(C)c2)n1. The summed E-state index contributed by atoms with van der Waals surface area (Å²) in [4.78, 5) is 9.83. The predicted octanol–water partition coefficient (Wildman–Crippen LogP) is 3.42. The second-order valence-corrected chi connectivity index (χ2v) is 5.16. The van der Waals surface area contributed by atoms with Gasteiger partial charge in [-0.25, -0.2) is 9.97 Å². The Morgan fingerprint density at radius 2 is 1.72 bits per heavy atom. The van der Waals surface area contributed by atoms with E-state index in [4.69, 9.17) is 5.26 Å². The number of hydrogen-bond donors (Lipinski definition) is 0. The summed E-state index contributed by atoms with van der Waals surface area (Å²) in [5.74, 6) is 0. The molecule has 0 aliphatic heterocycles. The minimum Gasteiger partial charge on any atom is -0.228 e. The summed E-state index contributed by atoms with van der Waals surface area (Å²) < 4.78 is 0. The van der Waals surface area contributed by atoms with Gasteiger partial charge in [0.2, 0.25) is 0 Å². The normalized spacial score (nSPS) is 10.1. The molecule has 2 rings (SSSR count). The highest BCUT2D eigenvalue weighted by atomic mass is 32.2. The van der Waals surface area contributed by atoms with Gasteiger partial charge in [-0.3, -0.25) is 0 Å². The highest BCUT2D eigenvalue weighted by Gasteiger charge is 2.04. The lowest BCUT2D eigenvalue weighted by atomic mass is 10.1. The van der Waals surface area contributed by atoms with Gasteiger partial charge in [-0.1, -0.05) is 0 Å². The van der Waals surface area contributed by atoms with Gasteiger partial charge in [0.25, 0.3) is 0 Å². The van der Waals surface area contributed by atoms with E-state index in [0.29, 0.717) is 5.56 Å². The predicted molar refractivity (Wildman–Crippen MR) is 71.5 cm³/mol. The lowest BCUT2D eigenvalue weighted by Crippen LogP contribution is -1.92. The molecule has 0 saturated heterocycles. The summed E-state index contributed by atoms with van der Waals surface area (Å²) in [6.45, 7) is 5.86. The van der Waals surface area contributed by atoms with Gasteiger partial charge in [-0.05, 0) is 62.4 Å². The molecule has 0 amide bonds. The monoisotopic (exact) mass is 255 g/mol. The van der Waals surface area contributed by atoms with E-state index in [-0.39, 0.29) is 0 Å². The molecule has 0 bridgehead atoms. The first-order valence-corrected chi connectivity index (χ1v) is 6.41. The van der Waals surface area contributed by atoms with E-state index in [2.05, 4.69) is 16.0 Å². The Hall–Kier alpha value is -1.86. The van der Waals surface area contributed by atoms with Gasteiger partial charge in [-0.15, -0.1) is 0 Å². The molecule has 0 unspecified atom stereocenters. The third-order valence-electron chi connectivity index (χ3n) is 2.49. The summed E-state index contributed by atoms with van der Waals surface area (Å²) in [6, 6.07) is 9.87. The van der Waals surface area contributed by atoms with Crippen molar-refractivity contribution < 1.29 is 0 Å². The molecule has 18 heavy (non-hydrogen) atoms. The van der Waals surface area contributed by atoms with Gasteiger partial charge in [0.1, 0.15) is 0 Å². The number of hydrogen-bond acceptors (Lipinski definition) is 4. The van der Waals surface area contributed by atoms with Gasteiger partial charge in [0.15, 0.2) is 5.16 Å². The maximum absolute atomic E-state index is 8.89. The number of aryl methyl sites for hydroxylation is 3. The second-order valence-electron chi connectivity index (χ2n) is 4.12. The van der Waals surface area contributed by atoms with Gasteiger partial charge in [-0.2, -0.15) is 5.26 Å². The van der Waals surface area contributed by atoms with Gasteiger partial charge in [0, 0.05) is 16.3 Å². The summed E-state index contributed by atoms with van der Waals surface area (Å²) in [5, 5.41) is 9.64. The molecule has 0 N–H and O–H groups in total. The van der Waals surface area contributed by atoms with Crippen LogP contribution < -0.4 is 0 Å². The Morgan fingerprint density at radius 1 is 1.06 bits per heavy atom. The van der Waals surface area contributed by atoms with Crippen LogP contribution >= 0.6 is 11.8 Å². The van der Waals surface area contributed by atoms with Crippen LogP contribution in [0.2, 0.25) is 0 Å². The van der Waals surface area contributed by atoms with Gasteiger partial charge < -0.3 is 0 Å². The largest absolute Gasteiger partial charge is 0.228 e. The van der Waals surface area contributed by atoms with Crippen molar-refractivity contribution in [2.75, 3.05) is 0 Å². The van der Waals surface area contributed by atoms with Crippen LogP contribution in [0.15, 0.2) is 34.3 Å². The molecule has 1 aromatic carbocycles. The average Bonchev–Trinajstić information content (AvgIpc) is 2.27. The lowest BCUT2D eigenvalue weighted by Gasteiger charge is -2.04. The van der Waals surface area contributed by atoms with Crippen LogP contribution in [0.1, 0.15) is 22.5 Å². The van der Waals surface area contributed by atoms with Crippen molar-refractivity contribution in [3.8, 4) is 6.07 Å². The molecule has 3 nitrogen and oxygen atoms in total. The number of nitrogens with zero attached hydrogens (tertiary/aromatic N) is 3. The maximum Gasteiger partial charge on any atom is 0.192 e. The van der Waals surface area contributed by atoms with Crippen LogP contribution in [0.25, 0.3) is 0 Å². The van der Waals surface area contributed by atoms with Crippen molar-refractivity contribution in [1.29, 1.82) is 5.26 Å². The van der Waals surface area contributed by atoms with Crippen LogP contribution in [-0.4, -0.2) is 9.97 Å². The quantitative estimate of drug-likeness (QED) is 0.771. The molecule has 0 atom stereocenters. The van der Waals surface area contributed by atoms with Crippen molar-refractivity contribution in [3.05, 3.63) is 46.8 Å². The average molecular weight is 255 g/mol. The summed E-state index contributed by atoms with van der Waals surface area (Å²) >= 11 is 1.52. The van der Waals surface area contributed by atoms with Crippen molar-refractivity contribution in [2.45, 2.75) is 30.8 Å². The van der Waals surface area contributed by atoms with Crippen LogP contribution in [0.3, 0.4) is 0 Å². The summed E-state index contributed by atoms with van der Waals surface area (Å²) in [7, 11) is 0. The van der Waals surface area contributed by atoms with E-state index >= 15 is 0 Å². The zero-order valence-electron chi connectivity index (χ0n) is 10.6. The van der Waals surface area contributed by atoms with Crippen LogP contribution in [0.5, 0.6) is 0 Å². The molecule has 1 aromatic heterocycles. The van der Waals surface area contributed by atoms with E-state index < -0.39 is 0 Å². The topological polar surface area (TPSA) is 49.6 Å². The highest BCUT2D eigenvalue weighted by Crippen LogP contribution is 2.26.